The summed E-state index contributed by atoms with van der Waals surface area (Å²) in [5, 5.41) is 19.0. The number of amides is 1. The highest BCUT2D eigenvalue weighted by Crippen LogP contribution is 2.31. The maximum atomic E-state index is 14.4. The van der Waals surface area contributed by atoms with Crippen LogP contribution in [0.5, 0.6) is 0 Å². The molecule has 10 heteroatoms. The van der Waals surface area contributed by atoms with Crippen LogP contribution in [0.15, 0.2) is 59.7 Å². The minimum absolute atomic E-state index is 0.0689. The van der Waals surface area contributed by atoms with Crippen molar-refractivity contribution in [2.24, 2.45) is 5.73 Å². The SMILES string of the molecule is NC(=O)c1ncc(-c2ccccc2)cc1-c1ccn([C@H]2O[C@H](CO)[C@@H](O)[C@H]2F)c(=O)n1. The van der Waals surface area contributed by atoms with Gasteiger partial charge in [-0.2, -0.15) is 4.98 Å². The molecule has 1 saturated heterocycles. The second-order valence-corrected chi connectivity index (χ2v) is 7.04. The minimum Gasteiger partial charge on any atom is -0.394 e. The molecule has 0 aliphatic carbocycles. The van der Waals surface area contributed by atoms with Crippen LogP contribution < -0.4 is 11.4 Å². The van der Waals surface area contributed by atoms with E-state index < -0.39 is 42.8 Å². The molecule has 0 saturated carbocycles. The number of hydrogen-bond acceptors (Lipinski definition) is 7. The van der Waals surface area contributed by atoms with Crippen LogP contribution in [0, 0.1) is 0 Å². The summed E-state index contributed by atoms with van der Waals surface area (Å²) < 4.78 is 20.5. The first-order chi connectivity index (χ1) is 14.9. The Kier molecular flexibility index (Phi) is 5.59. The van der Waals surface area contributed by atoms with Gasteiger partial charge in [-0.1, -0.05) is 30.3 Å². The van der Waals surface area contributed by atoms with Gasteiger partial charge >= 0.3 is 5.69 Å². The van der Waals surface area contributed by atoms with Crippen LogP contribution in [0.1, 0.15) is 16.7 Å². The summed E-state index contributed by atoms with van der Waals surface area (Å²) in [5.74, 6) is -0.794. The zero-order valence-corrected chi connectivity index (χ0v) is 16.1. The molecular formula is C21H19FN4O5. The molecule has 3 aromatic rings. The quantitative estimate of drug-likeness (QED) is 0.544. The monoisotopic (exact) mass is 426 g/mol. The summed E-state index contributed by atoms with van der Waals surface area (Å²) in [6.45, 7) is -0.599. The fraction of sp³-hybridized carbons (Fsp3) is 0.238. The molecule has 3 heterocycles. The Labute approximate surface area is 175 Å². The van der Waals surface area contributed by atoms with E-state index in [2.05, 4.69) is 9.97 Å². The van der Waals surface area contributed by atoms with Crippen molar-refractivity contribution in [1.29, 1.82) is 0 Å². The lowest BCUT2D eigenvalue weighted by molar-refractivity contribution is -0.0491. The van der Waals surface area contributed by atoms with E-state index in [1.807, 2.05) is 30.3 Å². The van der Waals surface area contributed by atoms with Crippen molar-refractivity contribution >= 4 is 5.91 Å². The first-order valence-electron chi connectivity index (χ1n) is 9.44. The lowest BCUT2D eigenvalue weighted by atomic mass is 10.0. The summed E-state index contributed by atoms with van der Waals surface area (Å²) in [7, 11) is 0. The van der Waals surface area contributed by atoms with E-state index in [1.54, 1.807) is 6.07 Å². The van der Waals surface area contributed by atoms with E-state index in [9.17, 15) is 24.2 Å². The molecule has 2 aromatic heterocycles. The number of nitrogens with zero attached hydrogens (tertiary/aromatic N) is 3. The van der Waals surface area contributed by atoms with Crippen molar-refractivity contribution in [2.45, 2.75) is 24.6 Å². The molecule has 4 atom stereocenters. The number of benzene rings is 1. The minimum atomic E-state index is -1.92. The standard InChI is InChI=1S/C21H19FN4O5/c22-16-18(28)15(10-27)31-20(16)26-7-6-14(25-21(26)30)13-8-12(9-24-17(13)19(23)29)11-4-2-1-3-5-11/h1-9,15-16,18,20,27-28H,10H2,(H2,23,29)/t15-,16-,18-,20+/m1/s1. The zero-order chi connectivity index (χ0) is 22.1. The predicted molar refractivity (Wildman–Crippen MR) is 108 cm³/mol. The van der Waals surface area contributed by atoms with Gasteiger partial charge in [0.2, 0.25) is 0 Å². The largest absolute Gasteiger partial charge is 0.394 e. The van der Waals surface area contributed by atoms with Gasteiger partial charge in [-0.3, -0.25) is 9.36 Å². The Bertz CT molecular complexity index is 1170. The molecular weight excluding hydrogens is 407 g/mol. The normalized spacial score (nSPS) is 23.1. The van der Waals surface area contributed by atoms with E-state index in [0.29, 0.717) is 5.56 Å². The average Bonchev–Trinajstić information content (AvgIpc) is 3.07. The van der Waals surface area contributed by atoms with Crippen LogP contribution in [-0.4, -0.2) is 55.6 Å². The van der Waals surface area contributed by atoms with Gasteiger partial charge in [0, 0.05) is 23.5 Å². The van der Waals surface area contributed by atoms with Gasteiger partial charge in [-0.15, -0.1) is 0 Å². The predicted octanol–water partition coefficient (Wildman–Crippen LogP) is 0.660. The molecule has 0 radical (unpaired) electrons. The highest BCUT2D eigenvalue weighted by atomic mass is 19.1. The smallest absolute Gasteiger partial charge is 0.350 e. The van der Waals surface area contributed by atoms with Crippen LogP contribution in [0.4, 0.5) is 4.39 Å². The fourth-order valence-electron chi connectivity index (χ4n) is 3.48. The first-order valence-corrected chi connectivity index (χ1v) is 9.44. The Morgan fingerprint density at radius 1 is 1.23 bits per heavy atom. The van der Waals surface area contributed by atoms with Gasteiger partial charge in [0.05, 0.1) is 12.3 Å². The van der Waals surface area contributed by atoms with Gasteiger partial charge in [0.25, 0.3) is 5.91 Å². The van der Waals surface area contributed by atoms with E-state index in [-0.39, 0.29) is 17.0 Å². The van der Waals surface area contributed by atoms with Crippen molar-refractivity contribution in [2.75, 3.05) is 6.61 Å². The second-order valence-electron chi connectivity index (χ2n) is 7.04. The first kappa shape index (κ1) is 20.8. The molecule has 0 spiro atoms. The Balaban J connectivity index is 1.76. The number of aromatic nitrogens is 3. The fourth-order valence-corrected chi connectivity index (χ4v) is 3.48. The molecule has 1 aliphatic heterocycles. The number of halogens is 1. The number of hydrogen-bond donors (Lipinski definition) is 3. The zero-order valence-electron chi connectivity index (χ0n) is 16.1. The molecule has 160 valence electrons. The topological polar surface area (TPSA) is 141 Å². The lowest BCUT2D eigenvalue weighted by Crippen LogP contribution is -2.33. The number of carbonyl (C=O) groups excluding carboxylic acids is 1. The van der Waals surface area contributed by atoms with Crippen LogP contribution in [0.2, 0.25) is 0 Å². The maximum absolute atomic E-state index is 14.4. The number of primary amides is 1. The lowest BCUT2D eigenvalue weighted by Gasteiger charge is -2.16. The van der Waals surface area contributed by atoms with Crippen LogP contribution >= 0.6 is 0 Å². The number of aliphatic hydroxyl groups is 2. The molecule has 0 unspecified atom stereocenters. The summed E-state index contributed by atoms with van der Waals surface area (Å²) in [6.07, 6.45) is -3.35. The number of aliphatic hydroxyl groups excluding tert-OH is 2. The molecule has 4 rings (SSSR count). The maximum Gasteiger partial charge on any atom is 0.350 e. The summed E-state index contributed by atoms with van der Waals surface area (Å²) in [5.41, 5.74) is 6.39. The Morgan fingerprint density at radius 3 is 2.58 bits per heavy atom. The van der Waals surface area contributed by atoms with Gasteiger partial charge < -0.3 is 20.7 Å². The third-order valence-electron chi connectivity index (χ3n) is 5.08. The van der Waals surface area contributed by atoms with Crippen LogP contribution in [0.25, 0.3) is 22.4 Å². The number of ether oxygens (including phenoxy) is 1. The second kappa shape index (κ2) is 8.34. The van der Waals surface area contributed by atoms with Gasteiger partial charge in [-0.25, -0.2) is 14.2 Å². The Hall–Kier alpha value is -3.47. The number of pyridine rings is 1. The van der Waals surface area contributed by atoms with E-state index in [0.717, 1.165) is 10.1 Å². The van der Waals surface area contributed by atoms with Crippen molar-refractivity contribution in [3.8, 4) is 22.4 Å². The van der Waals surface area contributed by atoms with E-state index in [4.69, 9.17) is 10.5 Å². The molecule has 31 heavy (non-hydrogen) atoms. The van der Waals surface area contributed by atoms with E-state index in [1.165, 1.54) is 18.5 Å². The molecule has 4 N–H and O–H groups in total. The van der Waals surface area contributed by atoms with Crippen molar-refractivity contribution < 1.29 is 24.1 Å². The average molecular weight is 426 g/mol. The van der Waals surface area contributed by atoms with Gasteiger partial charge in [-0.05, 0) is 17.7 Å². The Morgan fingerprint density at radius 2 is 1.97 bits per heavy atom. The number of rotatable bonds is 5. The number of nitrogens with two attached hydrogens (primary N) is 1. The van der Waals surface area contributed by atoms with Crippen LogP contribution in [0.3, 0.4) is 0 Å². The van der Waals surface area contributed by atoms with Crippen molar-refractivity contribution in [3.05, 3.63) is 71.0 Å². The van der Waals surface area contributed by atoms with Crippen molar-refractivity contribution in [3.63, 3.8) is 0 Å². The van der Waals surface area contributed by atoms with Crippen LogP contribution in [-0.2, 0) is 4.74 Å². The number of carbonyl (C=O) groups is 1. The summed E-state index contributed by atoms with van der Waals surface area (Å²) in [6, 6.07) is 12.3. The highest BCUT2D eigenvalue weighted by molar-refractivity contribution is 5.98. The molecule has 9 nitrogen and oxygen atoms in total. The van der Waals surface area contributed by atoms with Crippen molar-refractivity contribution in [1.82, 2.24) is 14.5 Å². The highest BCUT2D eigenvalue weighted by Gasteiger charge is 2.45. The van der Waals surface area contributed by atoms with Gasteiger partial charge in [0.1, 0.15) is 17.9 Å². The summed E-state index contributed by atoms with van der Waals surface area (Å²) in [4.78, 5) is 32.6. The van der Waals surface area contributed by atoms with Gasteiger partial charge in [0.15, 0.2) is 12.4 Å². The third kappa shape index (κ3) is 3.83. The molecule has 1 fully saturated rings. The number of alkyl halides is 1. The molecule has 0 bridgehead atoms. The molecule has 1 amide bonds. The molecule has 1 aliphatic rings. The molecule has 1 aromatic carbocycles. The summed E-state index contributed by atoms with van der Waals surface area (Å²) >= 11 is 0. The third-order valence-corrected chi connectivity index (χ3v) is 5.08. The van der Waals surface area contributed by atoms with E-state index >= 15 is 0 Å².